The van der Waals surface area contributed by atoms with Crippen molar-refractivity contribution in [1.82, 2.24) is 5.32 Å². The lowest BCUT2D eigenvalue weighted by atomic mass is 9.91. The summed E-state index contributed by atoms with van der Waals surface area (Å²) in [6.45, 7) is 5.31. The SMILES string of the molecule is CC(C)(C)OC(=O)N[C@H](CC(=O)O)c1c2ccccc2cc2ccccc12. The Morgan fingerprint density at radius 3 is 2.00 bits per heavy atom. The largest absolute Gasteiger partial charge is 0.481 e. The van der Waals surface area contributed by atoms with Crippen LogP contribution in [0.1, 0.15) is 38.8 Å². The number of hydrogen-bond donors (Lipinski definition) is 2. The number of benzene rings is 3. The van der Waals surface area contributed by atoms with Gasteiger partial charge in [-0.3, -0.25) is 4.79 Å². The van der Waals surface area contributed by atoms with Crippen LogP contribution in [0.15, 0.2) is 54.6 Å². The minimum atomic E-state index is -0.993. The highest BCUT2D eigenvalue weighted by Gasteiger charge is 2.25. The number of amides is 1. The molecule has 5 nitrogen and oxygen atoms in total. The van der Waals surface area contributed by atoms with E-state index in [0.717, 1.165) is 27.1 Å². The normalized spacial score (nSPS) is 12.7. The van der Waals surface area contributed by atoms with Gasteiger partial charge in [-0.1, -0.05) is 48.5 Å². The van der Waals surface area contributed by atoms with Gasteiger partial charge in [0.25, 0.3) is 0 Å². The molecule has 0 saturated heterocycles. The quantitative estimate of drug-likeness (QED) is 0.636. The number of carboxylic acid groups (broad SMARTS) is 1. The predicted molar refractivity (Wildman–Crippen MR) is 106 cm³/mol. The second kappa shape index (κ2) is 7.27. The molecule has 0 aromatic heterocycles. The van der Waals surface area contributed by atoms with Gasteiger partial charge >= 0.3 is 12.1 Å². The first kappa shape index (κ1) is 18.7. The second-order valence-corrected chi connectivity index (χ2v) is 7.53. The average Bonchev–Trinajstić information content (AvgIpc) is 2.57. The molecule has 27 heavy (non-hydrogen) atoms. The van der Waals surface area contributed by atoms with Crippen LogP contribution in [-0.4, -0.2) is 22.8 Å². The highest BCUT2D eigenvalue weighted by Crippen LogP contribution is 2.34. The average molecular weight is 365 g/mol. The zero-order valence-electron chi connectivity index (χ0n) is 15.7. The molecule has 2 N–H and O–H groups in total. The summed E-state index contributed by atoms with van der Waals surface area (Å²) in [6.07, 6.45) is -0.872. The molecule has 3 rings (SSSR count). The third-order valence-electron chi connectivity index (χ3n) is 4.23. The van der Waals surface area contributed by atoms with Crippen molar-refractivity contribution < 1.29 is 19.4 Å². The highest BCUT2D eigenvalue weighted by atomic mass is 16.6. The van der Waals surface area contributed by atoms with Crippen LogP contribution in [-0.2, 0) is 9.53 Å². The Kier molecular flexibility index (Phi) is 5.04. The number of nitrogens with one attached hydrogen (secondary N) is 1. The second-order valence-electron chi connectivity index (χ2n) is 7.53. The van der Waals surface area contributed by atoms with Crippen molar-refractivity contribution in [3.63, 3.8) is 0 Å². The molecule has 0 aliphatic carbocycles. The Morgan fingerprint density at radius 1 is 1.00 bits per heavy atom. The van der Waals surface area contributed by atoms with Gasteiger partial charge in [0, 0.05) is 0 Å². The number of alkyl carbamates (subject to hydrolysis) is 1. The van der Waals surface area contributed by atoms with Crippen LogP contribution in [0.5, 0.6) is 0 Å². The number of rotatable bonds is 4. The number of hydrogen-bond acceptors (Lipinski definition) is 3. The maximum Gasteiger partial charge on any atom is 0.408 e. The van der Waals surface area contributed by atoms with E-state index in [-0.39, 0.29) is 6.42 Å². The van der Waals surface area contributed by atoms with Crippen molar-refractivity contribution in [2.45, 2.75) is 38.8 Å². The number of fused-ring (bicyclic) bond motifs is 2. The minimum Gasteiger partial charge on any atom is -0.481 e. The summed E-state index contributed by atoms with van der Waals surface area (Å²) >= 11 is 0. The lowest BCUT2D eigenvalue weighted by Gasteiger charge is -2.25. The molecule has 0 fully saturated rings. The molecule has 0 bridgehead atoms. The van der Waals surface area contributed by atoms with Crippen molar-refractivity contribution in [1.29, 1.82) is 0 Å². The summed E-state index contributed by atoms with van der Waals surface area (Å²) in [4.78, 5) is 23.9. The Morgan fingerprint density at radius 2 is 1.52 bits per heavy atom. The van der Waals surface area contributed by atoms with Gasteiger partial charge < -0.3 is 15.2 Å². The lowest BCUT2D eigenvalue weighted by Crippen LogP contribution is -2.36. The molecular weight excluding hydrogens is 342 g/mol. The molecule has 0 unspecified atom stereocenters. The van der Waals surface area contributed by atoms with Gasteiger partial charge in [-0.2, -0.15) is 0 Å². The summed E-state index contributed by atoms with van der Waals surface area (Å²) in [7, 11) is 0. The van der Waals surface area contributed by atoms with Gasteiger partial charge in [0.05, 0.1) is 12.5 Å². The first-order valence-corrected chi connectivity index (χ1v) is 8.86. The smallest absolute Gasteiger partial charge is 0.408 e. The third-order valence-corrected chi connectivity index (χ3v) is 4.23. The van der Waals surface area contributed by atoms with E-state index < -0.39 is 23.7 Å². The fraction of sp³-hybridized carbons (Fsp3) is 0.273. The van der Waals surface area contributed by atoms with Crippen LogP contribution in [0.25, 0.3) is 21.5 Å². The van der Waals surface area contributed by atoms with E-state index in [1.54, 1.807) is 20.8 Å². The Bertz CT molecular complexity index is 950. The van der Waals surface area contributed by atoms with E-state index in [0.29, 0.717) is 0 Å². The van der Waals surface area contributed by atoms with E-state index >= 15 is 0 Å². The molecule has 0 radical (unpaired) electrons. The van der Waals surface area contributed by atoms with Crippen LogP contribution in [0.3, 0.4) is 0 Å². The molecule has 0 heterocycles. The molecule has 1 atom stereocenters. The van der Waals surface area contributed by atoms with Crippen LogP contribution in [0.2, 0.25) is 0 Å². The molecule has 1 amide bonds. The minimum absolute atomic E-state index is 0.239. The number of aliphatic carboxylic acids is 1. The Hall–Kier alpha value is -3.08. The Balaban J connectivity index is 2.16. The van der Waals surface area contributed by atoms with E-state index in [1.165, 1.54) is 0 Å². The van der Waals surface area contributed by atoms with Crippen molar-refractivity contribution in [2.24, 2.45) is 0 Å². The maximum atomic E-state index is 12.4. The predicted octanol–water partition coefficient (Wildman–Crippen LogP) is 5.03. The molecule has 0 spiro atoms. The van der Waals surface area contributed by atoms with Gasteiger partial charge in [-0.25, -0.2) is 4.79 Å². The number of carbonyl (C=O) groups is 2. The lowest BCUT2D eigenvalue weighted by molar-refractivity contribution is -0.137. The molecule has 3 aromatic carbocycles. The Labute approximate surface area is 157 Å². The highest BCUT2D eigenvalue weighted by molar-refractivity contribution is 6.03. The standard InChI is InChI=1S/C22H23NO4/c1-22(2,3)27-21(26)23-18(13-19(24)25)20-16-10-6-4-8-14(16)12-15-9-5-7-11-17(15)20/h4-12,18H,13H2,1-3H3,(H,23,26)(H,24,25)/t18-/m1/s1. The monoisotopic (exact) mass is 365 g/mol. The third kappa shape index (κ3) is 4.37. The molecule has 3 aromatic rings. The van der Waals surface area contributed by atoms with E-state index in [1.807, 2.05) is 48.5 Å². The zero-order chi connectivity index (χ0) is 19.6. The summed E-state index contributed by atoms with van der Waals surface area (Å²) in [5, 5.41) is 16.0. The van der Waals surface area contributed by atoms with Crippen molar-refractivity contribution in [3.8, 4) is 0 Å². The van der Waals surface area contributed by atoms with Crippen molar-refractivity contribution >= 4 is 33.6 Å². The van der Waals surface area contributed by atoms with E-state index in [4.69, 9.17) is 4.74 Å². The molecule has 0 saturated carbocycles. The van der Waals surface area contributed by atoms with Crippen LogP contribution in [0.4, 0.5) is 4.79 Å². The van der Waals surface area contributed by atoms with Gasteiger partial charge in [-0.15, -0.1) is 0 Å². The topological polar surface area (TPSA) is 75.6 Å². The molecule has 140 valence electrons. The zero-order valence-corrected chi connectivity index (χ0v) is 15.7. The number of ether oxygens (including phenoxy) is 1. The summed E-state index contributed by atoms with van der Waals surface area (Å²) < 4.78 is 5.35. The summed E-state index contributed by atoms with van der Waals surface area (Å²) in [5.74, 6) is -0.993. The van der Waals surface area contributed by atoms with E-state index in [2.05, 4.69) is 11.4 Å². The molecule has 0 aliphatic heterocycles. The molecule has 0 aliphatic rings. The number of carboxylic acids is 1. The molecular formula is C22H23NO4. The maximum absolute atomic E-state index is 12.4. The van der Waals surface area contributed by atoms with E-state index in [9.17, 15) is 14.7 Å². The van der Waals surface area contributed by atoms with Crippen LogP contribution >= 0.6 is 0 Å². The fourth-order valence-electron chi connectivity index (χ4n) is 3.27. The first-order chi connectivity index (χ1) is 12.7. The van der Waals surface area contributed by atoms with Gasteiger partial charge in [0.1, 0.15) is 5.60 Å². The summed E-state index contributed by atoms with van der Waals surface area (Å²) in [6, 6.07) is 16.9. The molecule has 5 heteroatoms. The van der Waals surface area contributed by atoms with Crippen molar-refractivity contribution in [3.05, 3.63) is 60.2 Å². The summed E-state index contributed by atoms with van der Waals surface area (Å²) in [5.41, 5.74) is 0.121. The van der Waals surface area contributed by atoms with Crippen LogP contribution < -0.4 is 5.32 Å². The van der Waals surface area contributed by atoms with Gasteiger partial charge in [0.15, 0.2) is 0 Å². The van der Waals surface area contributed by atoms with Crippen molar-refractivity contribution in [2.75, 3.05) is 0 Å². The fourth-order valence-corrected chi connectivity index (χ4v) is 3.27. The van der Waals surface area contributed by atoms with Gasteiger partial charge in [0.2, 0.25) is 0 Å². The van der Waals surface area contributed by atoms with Crippen LogP contribution in [0, 0.1) is 0 Å². The number of carbonyl (C=O) groups excluding carboxylic acids is 1. The van der Waals surface area contributed by atoms with Gasteiger partial charge in [-0.05, 0) is 53.9 Å². The first-order valence-electron chi connectivity index (χ1n) is 8.86.